The summed E-state index contributed by atoms with van der Waals surface area (Å²) < 4.78 is 14.3. The molecule has 0 heterocycles. The van der Waals surface area contributed by atoms with E-state index in [0.29, 0.717) is 22.5 Å². The highest BCUT2D eigenvalue weighted by Crippen LogP contribution is 2.28. The van der Waals surface area contributed by atoms with Crippen LogP contribution in [-0.4, -0.2) is 12.2 Å². The van der Waals surface area contributed by atoms with Crippen LogP contribution in [0.15, 0.2) is 58.5 Å². The second-order valence-corrected chi connectivity index (χ2v) is 3.95. The van der Waals surface area contributed by atoms with E-state index in [9.17, 15) is 14.0 Å². The molecule has 20 heavy (non-hydrogen) atoms. The highest BCUT2D eigenvalue weighted by Gasteiger charge is 2.12. The third-order valence-electron chi connectivity index (χ3n) is 2.72. The van der Waals surface area contributed by atoms with Gasteiger partial charge in [-0.25, -0.2) is 14.0 Å². The van der Waals surface area contributed by atoms with Crippen molar-refractivity contribution in [3.8, 4) is 0 Å². The van der Waals surface area contributed by atoms with Gasteiger partial charge in [-0.3, -0.25) is 0 Å². The van der Waals surface area contributed by atoms with E-state index in [0.717, 1.165) is 0 Å². The smallest absolute Gasteiger partial charge is 0.237 e. The molecule has 2 rings (SSSR count). The Morgan fingerprint density at radius 3 is 1.40 bits per heavy atom. The van der Waals surface area contributed by atoms with Crippen LogP contribution in [0.4, 0.5) is 15.8 Å². The Hall–Kier alpha value is -2.87. The van der Waals surface area contributed by atoms with E-state index in [1.807, 2.05) is 0 Å². The summed E-state index contributed by atoms with van der Waals surface area (Å²) >= 11 is 0. The normalized spacial score (nSPS) is 11.1. The van der Waals surface area contributed by atoms with Gasteiger partial charge in [0.15, 0.2) is 6.17 Å². The summed E-state index contributed by atoms with van der Waals surface area (Å²) in [6.07, 6.45) is 1.54. The Morgan fingerprint density at radius 1 is 0.750 bits per heavy atom. The predicted octanol–water partition coefficient (Wildman–Crippen LogP) is 3.68. The highest BCUT2D eigenvalue weighted by molar-refractivity contribution is 5.51. The molecule has 0 aromatic heterocycles. The molecule has 0 aliphatic carbocycles. The van der Waals surface area contributed by atoms with Gasteiger partial charge in [-0.05, 0) is 35.4 Å². The number of rotatable bonds is 4. The summed E-state index contributed by atoms with van der Waals surface area (Å²) in [5.74, 6) is 0. The van der Waals surface area contributed by atoms with Gasteiger partial charge in [0.25, 0.3) is 0 Å². The SMILES string of the molecule is O=C=Nc1ccc(C(F)c2ccc(N=C=O)cc2)cc1. The fraction of sp³-hybridized carbons (Fsp3) is 0.0667. The van der Waals surface area contributed by atoms with Crippen LogP contribution in [0.1, 0.15) is 17.3 Å². The quantitative estimate of drug-likeness (QED) is 0.627. The van der Waals surface area contributed by atoms with E-state index in [-0.39, 0.29) is 0 Å². The maximum atomic E-state index is 14.3. The fourth-order valence-electron chi connectivity index (χ4n) is 1.73. The lowest BCUT2D eigenvalue weighted by atomic mass is 10.0. The molecule has 98 valence electrons. The molecule has 4 nitrogen and oxygen atoms in total. The standard InChI is InChI=1S/C15H9FN2O2/c16-15(11-1-5-13(6-2-11)17-9-19)12-3-7-14(8-4-12)18-10-20/h1-8,15H. The Labute approximate surface area is 114 Å². The number of benzene rings is 2. The first-order valence-electron chi connectivity index (χ1n) is 5.74. The van der Waals surface area contributed by atoms with E-state index in [2.05, 4.69) is 9.98 Å². The van der Waals surface area contributed by atoms with Crippen LogP contribution in [0, 0.1) is 0 Å². The van der Waals surface area contributed by atoms with Gasteiger partial charge in [-0.1, -0.05) is 24.3 Å². The molecule has 0 radical (unpaired) electrons. The fourth-order valence-corrected chi connectivity index (χ4v) is 1.73. The lowest BCUT2D eigenvalue weighted by Crippen LogP contribution is -1.93. The van der Waals surface area contributed by atoms with E-state index >= 15 is 0 Å². The van der Waals surface area contributed by atoms with Gasteiger partial charge in [-0.2, -0.15) is 9.98 Å². The van der Waals surface area contributed by atoms with Gasteiger partial charge in [0.2, 0.25) is 12.2 Å². The first-order valence-corrected chi connectivity index (χ1v) is 5.74. The third-order valence-corrected chi connectivity index (χ3v) is 2.72. The van der Waals surface area contributed by atoms with Crippen LogP contribution < -0.4 is 0 Å². The zero-order valence-electron chi connectivity index (χ0n) is 10.3. The molecule has 5 heteroatoms. The average molecular weight is 268 g/mol. The summed E-state index contributed by atoms with van der Waals surface area (Å²) in [7, 11) is 0. The monoisotopic (exact) mass is 268 g/mol. The van der Waals surface area contributed by atoms with Crippen molar-refractivity contribution in [3.63, 3.8) is 0 Å². The van der Waals surface area contributed by atoms with Crippen molar-refractivity contribution in [2.24, 2.45) is 9.98 Å². The Balaban J connectivity index is 2.23. The molecule has 2 aromatic rings. The number of hydrogen-bond donors (Lipinski definition) is 0. The molecule has 2 aromatic carbocycles. The topological polar surface area (TPSA) is 58.9 Å². The number of isocyanates is 2. The van der Waals surface area contributed by atoms with Crippen molar-refractivity contribution in [3.05, 3.63) is 59.7 Å². The number of alkyl halides is 1. The van der Waals surface area contributed by atoms with E-state index in [1.165, 1.54) is 36.4 Å². The molecule has 0 amide bonds. The van der Waals surface area contributed by atoms with Gasteiger partial charge in [0.05, 0.1) is 11.4 Å². The number of aliphatic imine (C=N–C) groups is 2. The highest BCUT2D eigenvalue weighted by atomic mass is 19.1. The minimum absolute atomic E-state index is 0.423. The van der Waals surface area contributed by atoms with Crippen molar-refractivity contribution in [2.45, 2.75) is 6.17 Å². The van der Waals surface area contributed by atoms with Crippen molar-refractivity contribution < 1.29 is 14.0 Å². The number of carbonyl (C=O) groups excluding carboxylic acids is 2. The van der Waals surface area contributed by atoms with Crippen LogP contribution in [0.2, 0.25) is 0 Å². The van der Waals surface area contributed by atoms with Crippen LogP contribution >= 0.6 is 0 Å². The van der Waals surface area contributed by atoms with E-state index < -0.39 is 6.17 Å². The summed E-state index contributed by atoms with van der Waals surface area (Å²) in [4.78, 5) is 27.1. The number of nitrogens with zero attached hydrogens (tertiary/aromatic N) is 2. The first kappa shape index (κ1) is 13.6. The molecular formula is C15H9FN2O2. The summed E-state index contributed by atoms with van der Waals surface area (Å²) in [5, 5.41) is 0. The minimum Gasteiger partial charge on any atom is -0.237 e. The van der Waals surface area contributed by atoms with E-state index in [4.69, 9.17) is 0 Å². The molecule has 0 aliphatic heterocycles. The lowest BCUT2D eigenvalue weighted by molar-refractivity contribution is 0.402. The second-order valence-electron chi connectivity index (χ2n) is 3.95. The van der Waals surface area contributed by atoms with Crippen LogP contribution in [0.3, 0.4) is 0 Å². The third kappa shape index (κ3) is 3.12. The van der Waals surface area contributed by atoms with Crippen LogP contribution in [0.5, 0.6) is 0 Å². The molecular weight excluding hydrogens is 259 g/mol. The van der Waals surface area contributed by atoms with Crippen molar-refractivity contribution in [2.75, 3.05) is 0 Å². The molecule has 0 N–H and O–H groups in total. The summed E-state index contributed by atoms with van der Waals surface area (Å²) in [6, 6.07) is 12.4. The Morgan fingerprint density at radius 2 is 1.10 bits per heavy atom. The van der Waals surface area contributed by atoms with Crippen molar-refractivity contribution in [1.29, 1.82) is 0 Å². The Kier molecular flexibility index (Phi) is 4.30. The lowest BCUT2D eigenvalue weighted by Gasteiger charge is -2.09. The number of halogens is 1. The van der Waals surface area contributed by atoms with Crippen molar-refractivity contribution in [1.82, 2.24) is 0 Å². The molecule has 0 atom stereocenters. The van der Waals surface area contributed by atoms with E-state index in [1.54, 1.807) is 24.3 Å². The first-order chi connectivity index (χ1) is 9.74. The van der Waals surface area contributed by atoms with Gasteiger partial charge in [0, 0.05) is 0 Å². The van der Waals surface area contributed by atoms with Gasteiger partial charge < -0.3 is 0 Å². The molecule has 0 unspecified atom stereocenters. The van der Waals surface area contributed by atoms with Gasteiger partial charge in [-0.15, -0.1) is 0 Å². The molecule has 0 bridgehead atoms. The molecule has 0 saturated carbocycles. The second kappa shape index (κ2) is 6.34. The maximum Gasteiger partial charge on any atom is 0.240 e. The van der Waals surface area contributed by atoms with Gasteiger partial charge >= 0.3 is 0 Å². The average Bonchev–Trinajstić information content (AvgIpc) is 2.49. The summed E-state index contributed by atoms with van der Waals surface area (Å²) in [6.45, 7) is 0. The maximum absolute atomic E-state index is 14.3. The zero-order valence-corrected chi connectivity index (χ0v) is 10.3. The largest absolute Gasteiger partial charge is 0.240 e. The zero-order chi connectivity index (χ0) is 14.4. The molecule has 0 spiro atoms. The predicted molar refractivity (Wildman–Crippen MR) is 71.4 cm³/mol. The van der Waals surface area contributed by atoms with Crippen LogP contribution in [-0.2, 0) is 9.59 Å². The number of hydrogen-bond acceptors (Lipinski definition) is 4. The summed E-state index contributed by atoms with van der Waals surface area (Å²) in [5.41, 5.74) is 1.74. The Bertz CT molecular complexity index is 621. The van der Waals surface area contributed by atoms with Gasteiger partial charge in [0.1, 0.15) is 0 Å². The van der Waals surface area contributed by atoms with Crippen molar-refractivity contribution >= 4 is 23.5 Å². The van der Waals surface area contributed by atoms with Crippen LogP contribution in [0.25, 0.3) is 0 Å². The molecule has 0 fully saturated rings. The molecule has 0 aliphatic rings. The minimum atomic E-state index is -1.31. The molecule has 0 saturated heterocycles.